The number of carbonyl (C=O) groups excluding carboxylic acids is 1. The van der Waals surface area contributed by atoms with Gasteiger partial charge in [0.25, 0.3) is 0 Å². The number of nitrogens with zero attached hydrogens (tertiary/aromatic N) is 2. The Kier molecular flexibility index (Phi) is 7.82. The fourth-order valence-corrected chi connectivity index (χ4v) is 2.82. The number of aliphatic imine (C=N–C) groups is 1. The van der Waals surface area contributed by atoms with Crippen LogP contribution in [-0.2, 0) is 4.79 Å². The molecule has 1 saturated heterocycles. The maximum atomic E-state index is 11.8. The Morgan fingerprint density at radius 2 is 2.00 bits per heavy atom. The summed E-state index contributed by atoms with van der Waals surface area (Å²) in [6, 6.07) is 0.608. The summed E-state index contributed by atoms with van der Waals surface area (Å²) < 4.78 is 0. The summed E-state index contributed by atoms with van der Waals surface area (Å²) in [4.78, 5) is 18.6. The number of piperidine rings is 1. The fraction of sp³-hybridized carbons (Fsp3) is 0.882. The van der Waals surface area contributed by atoms with Crippen molar-refractivity contribution in [2.24, 2.45) is 10.9 Å². The summed E-state index contributed by atoms with van der Waals surface area (Å²) in [7, 11) is 1.73. The maximum Gasteiger partial charge on any atom is 0.239 e. The molecule has 0 aromatic carbocycles. The normalized spacial score (nSPS) is 20.5. The summed E-state index contributed by atoms with van der Waals surface area (Å²) in [6.07, 6.45) is 2.50. The Hall–Kier alpha value is -1.30. The zero-order chi connectivity index (χ0) is 17.5. The first-order chi connectivity index (χ1) is 10.7. The van der Waals surface area contributed by atoms with Gasteiger partial charge in [0.15, 0.2) is 5.96 Å². The van der Waals surface area contributed by atoms with Crippen molar-refractivity contribution < 1.29 is 4.79 Å². The molecule has 0 saturated carbocycles. The van der Waals surface area contributed by atoms with Crippen molar-refractivity contribution in [1.29, 1.82) is 0 Å². The molecule has 1 atom stereocenters. The highest BCUT2D eigenvalue weighted by molar-refractivity contribution is 5.86. The van der Waals surface area contributed by atoms with Gasteiger partial charge in [0.1, 0.15) is 0 Å². The number of amides is 1. The summed E-state index contributed by atoms with van der Waals surface area (Å²) in [6.45, 7) is 13.9. The molecule has 1 aliphatic heterocycles. The van der Waals surface area contributed by atoms with E-state index in [1.54, 1.807) is 7.05 Å². The SMILES string of the molecule is CN=C(NCC(=O)NC(C)(C)C)NCC1CCCN(C(C)C)C1. The van der Waals surface area contributed by atoms with Crippen LogP contribution in [0, 0.1) is 5.92 Å². The van der Waals surface area contributed by atoms with E-state index in [0.717, 1.165) is 13.1 Å². The Bertz CT molecular complexity index is 400. The standard InChI is InChI=1S/C17H35N5O/c1-13(2)22-9-7-8-14(12-22)10-19-16(18-6)20-11-15(23)21-17(3,4)5/h13-14H,7-12H2,1-6H3,(H,21,23)(H2,18,19,20). The van der Waals surface area contributed by atoms with E-state index >= 15 is 0 Å². The molecular weight excluding hydrogens is 290 g/mol. The summed E-state index contributed by atoms with van der Waals surface area (Å²) in [5, 5.41) is 9.36. The quantitative estimate of drug-likeness (QED) is 0.525. The molecule has 6 nitrogen and oxygen atoms in total. The molecule has 1 heterocycles. The zero-order valence-electron chi connectivity index (χ0n) is 15.7. The number of likely N-dealkylation sites (tertiary alicyclic amines) is 1. The van der Waals surface area contributed by atoms with Gasteiger partial charge < -0.3 is 20.9 Å². The van der Waals surface area contributed by atoms with E-state index in [-0.39, 0.29) is 18.0 Å². The first-order valence-electron chi connectivity index (χ1n) is 8.71. The van der Waals surface area contributed by atoms with Crippen molar-refractivity contribution in [2.75, 3.05) is 33.2 Å². The van der Waals surface area contributed by atoms with Gasteiger partial charge in [0.2, 0.25) is 5.91 Å². The molecular formula is C17H35N5O. The second kappa shape index (κ2) is 9.11. The van der Waals surface area contributed by atoms with E-state index in [9.17, 15) is 4.79 Å². The fourth-order valence-electron chi connectivity index (χ4n) is 2.82. The lowest BCUT2D eigenvalue weighted by molar-refractivity contribution is -0.121. The molecule has 134 valence electrons. The van der Waals surface area contributed by atoms with Crippen LogP contribution in [0.5, 0.6) is 0 Å². The third-order valence-corrected chi connectivity index (χ3v) is 3.99. The molecule has 6 heteroatoms. The molecule has 0 bridgehead atoms. The smallest absolute Gasteiger partial charge is 0.239 e. The second-order valence-electron chi connectivity index (χ2n) is 7.70. The van der Waals surface area contributed by atoms with Crippen molar-refractivity contribution in [1.82, 2.24) is 20.9 Å². The Labute approximate surface area is 141 Å². The predicted octanol–water partition coefficient (Wildman–Crippen LogP) is 1.19. The molecule has 3 N–H and O–H groups in total. The van der Waals surface area contributed by atoms with Crippen LogP contribution in [0.1, 0.15) is 47.5 Å². The van der Waals surface area contributed by atoms with Gasteiger partial charge in [-0.3, -0.25) is 9.79 Å². The lowest BCUT2D eigenvalue weighted by Gasteiger charge is -2.35. The molecule has 0 aliphatic carbocycles. The van der Waals surface area contributed by atoms with Crippen LogP contribution in [0.2, 0.25) is 0 Å². The summed E-state index contributed by atoms with van der Waals surface area (Å²) in [5.74, 6) is 1.30. The highest BCUT2D eigenvalue weighted by Gasteiger charge is 2.21. The molecule has 1 fully saturated rings. The first kappa shape index (κ1) is 19.7. The average Bonchev–Trinajstić information content (AvgIpc) is 2.46. The van der Waals surface area contributed by atoms with Gasteiger partial charge in [-0.05, 0) is 59.9 Å². The molecule has 0 radical (unpaired) electrons. The van der Waals surface area contributed by atoms with Gasteiger partial charge in [0.05, 0.1) is 6.54 Å². The lowest BCUT2D eigenvalue weighted by atomic mass is 9.97. The van der Waals surface area contributed by atoms with Crippen LogP contribution in [0.4, 0.5) is 0 Å². The van der Waals surface area contributed by atoms with Crippen molar-refractivity contribution in [2.45, 2.75) is 59.0 Å². The second-order valence-corrected chi connectivity index (χ2v) is 7.70. The lowest BCUT2D eigenvalue weighted by Crippen LogP contribution is -2.49. The van der Waals surface area contributed by atoms with E-state index < -0.39 is 0 Å². The van der Waals surface area contributed by atoms with Crippen LogP contribution < -0.4 is 16.0 Å². The number of rotatable bonds is 5. The maximum absolute atomic E-state index is 11.8. The molecule has 23 heavy (non-hydrogen) atoms. The van der Waals surface area contributed by atoms with Gasteiger partial charge in [-0.2, -0.15) is 0 Å². The summed E-state index contributed by atoms with van der Waals surface area (Å²) >= 11 is 0. The predicted molar refractivity (Wildman–Crippen MR) is 96.7 cm³/mol. The van der Waals surface area contributed by atoms with Gasteiger partial charge in [-0.1, -0.05) is 0 Å². The largest absolute Gasteiger partial charge is 0.356 e. The van der Waals surface area contributed by atoms with Crippen LogP contribution in [0.3, 0.4) is 0 Å². The van der Waals surface area contributed by atoms with Crippen LogP contribution in [0.25, 0.3) is 0 Å². The molecule has 0 spiro atoms. The highest BCUT2D eigenvalue weighted by Crippen LogP contribution is 2.17. The minimum Gasteiger partial charge on any atom is -0.356 e. The Morgan fingerprint density at radius 1 is 1.30 bits per heavy atom. The first-order valence-corrected chi connectivity index (χ1v) is 8.71. The van der Waals surface area contributed by atoms with E-state index in [1.165, 1.54) is 19.4 Å². The van der Waals surface area contributed by atoms with Gasteiger partial charge in [0, 0.05) is 31.7 Å². The topological polar surface area (TPSA) is 68.8 Å². The van der Waals surface area contributed by atoms with Gasteiger partial charge >= 0.3 is 0 Å². The van der Waals surface area contributed by atoms with Crippen molar-refractivity contribution in [3.8, 4) is 0 Å². The monoisotopic (exact) mass is 325 g/mol. The molecule has 1 amide bonds. The van der Waals surface area contributed by atoms with E-state index in [1.807, 2.05) is 20.8 Å². The van der Waals surface area contributed by atoms with Crippen molar-refractivity contribution >= 4 is 11.9 Å². The zero-order valence-corrected chi connectivity index (χ0v) is 15.7. The number of nitrogens with one attached hydrogen (secondary N) is 3. The van der Waals surface area contributed by atoms with Crippen molar-refractivity contribution in [3.05, 3.63) is 0 Å². The van der Waals surface area contributed by atoms with Gasteiger partial charge in [-0.15, -0.1) is 0 Å². The number of guanidine groups is 1. The number of hydrogen-bond acceptors (Lipinski definition) is 3. The highest BCUT2D eigenvalue weighted by atomic mass is 16.2. The van der Waals surface area contributed by atoms with Crippen LogP contribution in [-0.4, -0.2) is 61.6 Å². The van der Waals surface area contributed by atoms with E-state index in [4.69, 9.17) is 0 Å². The molecule has 1 aliphatic rings. The van der Waals surface area contributed by atoms with Crippen LogP contribution in [0.15, 0.2) is 4.99 Å². The van der Waals surface area contributed by atoms with E-state index in [0.29, 0.717) is 17.9 Å². The van der Waals surface area contributed by atoms with Gasteiger partial charge in [-0.25, -0.2) is 0 Å². The average molecular weight is 326 g/mol. The molecule has 1 rings (SSSR count). The van der Waals surface area contributed by atoms with Crippen molar-refractivity contribution in [3.63, 3.8) is 0 Å². The van der Waals surface area contributed by atoms with Crippen LogP contribution >= 0.6 is 0 Å². The molecule has 0 aromatic heterocycles. The number of carbonyl (C=O) groups is 1. The number of hydrogen-bond donors (Lipinski definition) is 3. The molecule has 0 aromatic rings. The third kappa shape index (κ3) is 8.21. The summed E-state index contributed by atoms with van der Waals surface area (Å²) in [5.41, 5.74) is -0.210. The third-order valence-electron chi connectivity index (χ3n) is 3.99. The Balaban J connectivity index is 2.33. The minimum atomic E-state index is -0.210. The molecule has 1 unspecified atom stereocenters. The Morgan fingerprint density at radius 3 is 2.57 bits per heavy atom. The van der Waals surface area contributed by atoms with E-state index in [2.05, 4.69) is 39.7 Å². The minimum absolute atomic E-state index is 0.0240.